The molecular formula is C14H18FN3O. The molecule has 0 spiro atoms. The van der Waals surface area contributed by atoms with E-state index in [4.69, 9.17) is 4.42 Å². The molecule has 0 aliphatic carbocycles. The van der Waals surface area contributed by atoms with Gasteiger partial charge in [0.05, 0.1) is 19.0 Å². The number of nitrogens with zero attached hydrogens (tertiary/aromatic N) is 2. The largest absolute Gasteiger partial charge is 0.467 e. The normalized spacial score (nSPS) is 10.7. The number of rotatable bonds is 6. The third-order valence-corrected chi connectivity index (χ3v) is 2.88. The van der Waals surface area contributed by atoms with Gasteiger partial charge in [-0.15, -0.1) is 0 Å². The van der Waals surface area contributed by atoms with Gasteiger partial charge in [-0.25, -0.2) is 9.37 Å². The summed E-state index contributed by atoms with van der Waals surface area (Å²) in [6, 6.07) is 5.29. The van der Waals surface area contributed by atoms with E-state index in [0.717, 1.165) is 23.7 Å². The Kier molecular flexibility index (Phi) is 4.52. The molecule has 2 aromatic heterocycles. The zero-order valence-electron chi connectivity index (χ0n) is 11.2. The van der Waals surface area contributed by atoms with Crippen molar-refractivity contribution in [3.05, 3.63) is 47.8 Å². The Morgan fingerprint density at radius 2 is 2.32 bits per heavy atom. The minimum atomic E-state index is -0.317. The fraction of sp³-hybridized carbons (Fsp3) is 0.357. The average Bonchev–Trinajstić information content (AvgIpc) is 2.90. The maximum Gasteiger partial charge on any atom is 0.141 e. The third kappa shape index (κ3) is 3.32. The van der Waals surface area contributed by atoms with Gasteiger partial charge in [-0.1, -0.05) is 0 Å². The number of furan rings is 1. The molecule has 0 aromatic carbocycles. The summed E-state index contributed by atoms with van der Waals surface area (Å²) < 4.78 is 18.6. The zero-order valence-corrected chi connectivity index (χ0v) is 11.2. The molecular weight excluding hydrogens is 245 g/mol. The minimum Gasteiger partial charge on any atom is -0.467 e. The molecule has 2 heterocycles. The summed E-state index contributed by atoms with van der Waals surface area (Å²) in [4.78, 5) is 6.28. The van der Waals surface area contributed by atoms with Gasteiger partial charge < -0.3 is 14.6 Å². The number of nitrogens with one attached hydrogen (secondary N) is 1. The second-order valence-corrected chi connectivity index (χ2v) is 4.26. The van der Waals surface area contributed by atoms with Crippen molar-refractivity contribution in [3.63, 3.8) is 0 Å². The quantitative estimate of drug-likeness (QED) is 0.869. The molecule has 0 unspecified atom stereocenters. The molecule has 0 saturated heterocycles. The Morgan fingerprint density at radius 1 is 1.47 bits per heavy atom. The lowest BCUT2D eigenvalue weighted by Crippen LogP contribution is -2.25. The van der Waals surface area contributed by atoms with Crippen LogP contribution < -0.4 is 10.2 Å². The van der Waals surface area contributed by atoms with Crippen LogP contribution >= 0.6 is 0 Å². The van der Waals surface area contributed by atoms with Crippen LogP contribution in [0.2, 0.25) is 0 Å². The molecule has 0 bridgehead atoms. The summed E-state index contributed by atoms with van der Waals surface area (Å²) >= 11 is 0. The fourth-order valence-corrected chi connectivity index (χ4v) is 2.01. The molecule has 19 heavy (non-hydrogen) atoms. The summed E-state index contributed by atoms with van der Waals surface area (Å²) in [5, 5.41) is 3.03. The van der Waals surface area contributed by atoms with Crippen molar-refractivity contribution in [1.29, 1.82) is 0 Å². The van der Waals surface area contributed by atoms with E-state index in [-0.39, 0.29) is 5.82 Å². The molecule has 2 rings (SSSR count). The molecule has 5 heteroatoms. The van der Waals surface area contributed by atoms with Crippen LogP contribution in [0.4, 0.5) is 10.2 Å². The van der Waals surface area contributed by atoms with Crippen molar-refractivity contribution >= 4 is 5.82 Å². The van der Waals surface area contributed by atoms with E-state index >= 15 is 0 Å². The molecule has 2 aromatic rings. The van der Waals surface area contributed by atoms with Gasteiger partial charge in [0, 0.05) is 18.7 Å². The van der Waals surface area contributed by atoms with Gasteiger partial charge in [0.25, 0.3) is 0 Å². The van der Waals surface area contributed by atoms with Crippen LogP contribution in [0.1, 0.15) is 18.2 Å². The van der Waals surface area contributed by atoms with E-state index in [9.17, 15) is 4.39 Å². The Balaban J connectivity index is 2.26. The smallest absolute Gasteiger partial charge is 0.141 e. The summed E-state index contributed by atoms with van der Waals surface area (Å²) in [5.41, 5.74) is 0.843. The zero-order chi connectivity index (χ0) is 13.7. The first kappa shape index (κ1) is 13.5. The van der Waals surface area contributed by atoms with E-state index in [0.29, 0.717) is 13.1 Å². The highest BCUT2D eigenvalue weighted by Gasteiger charge is 2.13. The number of halogens is 1. The number of hydrogen-bond donors (Lipinski definition) is 1. The van der Waals surface area contributed by atoms with Crippen LogP contribution in [-0.4, -0.2) is 18.6 Å². The van der Waals surface area contributed by atoms with Crippen LogP contribution in [0.3, 0.4) is 0 Å². The number of aromatic nitrogens is 1. The number of pyridine rings is 1. The maximum absolute atomic E-state index is 13.3. The lowest BCUT2D eigenvalue weighted by Gasteiger charge is -2.23. The van der Waals surface area contributed by atoms with Crippen molar-refractivity contribution in [2.24, 2.45) is 0 Å². The van der Waals surface area contributed by atoms with E-state index < -0.39 is 0 Å². The van der Waals surface area contributed by atoms with Gasteiger partial charge in [0.1, 0.15) is 17.4 Å². The highest BCUT2D eigenvalue weighted by Crippen LogP contribution is 2.20. The van der Waals surface area contributed by atoms with Crippen molar-refractivity contribution in [2.75, 3.05) is 18.5 Å². The molecule has 0 saturated carbocycles. The lowest BCUT2D eigenvalue weighted by molar-refractivity contribution is 0.502. The van der Waals surface area contributed by atoms with Crippen molar-refractivity contribution < 1.29 is 8.81 Å². The Hall–Kier alpha value is -1.88. The topological polar surface area (TPSA) is 41.3 Å². The van der Waals surface area contributed by atoms with Crippen molar-refractivity contribution in [3.8, 4) is 0 Å². The van der Waals surface area contributed by atoms with E-state index in [1.54, 1.807) is 6.26 Å². The van der Waals surface area contributed by atoms with E-state index in [1.165, 1.54) is 12.3 Å². The van der Waals surface area contributed by atoms with Gasteiger partial charge in [-0.3, -0.25) is 0 Å². The second-order valence-electron chi connectivity index (χ2n) is 4.26. The van der Waals surface area contributed by atoms with E-state index in [1.807, 2.05) is 26.1 Å². The molecule has 0 fully saturated rings. The van der Waals surface area contributed by atoms with Crippen LogP contribution in [0, 0.1) is 5.82 Å². The molecule has 0 amide bonds. The first-order valence-electron chi connectivity index (χ1n) is 6.31. The molecule has 0 aliphatic heterocycles. The van der Waals surface area contributed by atoms with Crippen LogP contribution in [-0.2, 0) is 13.1 Å². The number of anilines is 1. The lowest BCUT2D eigenvalue weighted by atomic mass is 10.2. The molecule has 0 aliphatic rings. The fourth-order valence-electron chi connectivity index (χ4n) is 2.01. The summed E-state index contributed by atoms with van der Waals surface area (Å²) in [5.74, 6) is 1.33. The highest BCUT2D eigenvalue weighted by molar-refractivity contribution is 5.47. The van der Waals surface area contributed by atoms with Gasteiger partial charge in [-0.2, -0.15) is 0 Å². The first-order valence-corrected chi connectivity index (χ1v) is 6.31. The monoisotopic (exact) mass is 263 g/mol. The standard InChI is InChI=1S/C14H18FN3O/c1-3-18(10-13-5-4-6-19-13)14-11(8-16-2)7-12(15)9-17-14/h4-7,9,16H,3,8,10H2,1-2H3. The Labute approximate surface area is 112 Å². The molecule has 0 atom stereocenters. The second kappa shape index (κ2) is 6.33. The summed E-state index contributed by atoms with van der Waals surface area (Å²) in [6.07, 6.45) is 2.90. The minimum absolute atomic E-state index is 0.317. The summed E-state index contributed by atoms with van der Waals surface area (Å²) in [7, 11) is 1.83. The predicted molar refractivity (Wildman–Crippen MR) is 72.4 cm³/mol. The SMILES string of the molecule is CCN(Cc1ccco1)c1ncc(F)cc1CNC. The molecule has 4 nitrogen and oxygen atoms in total. The highest BCUT2D eigenvalue weighted by atomic mass is 19.1. The van der Waals surface area contributed by atoms with Crippen molar-refractivity contribution in [1.82, 2.24) is 10.3 Å². The van der Waals surface area contributed by atoms with E-state index in [2.05, 4.69) is 15.2 Å². The summed E-state index contributed by atoms with van der Waals surface area (Å²) in [6.45, 7) is 4.01. The van der Waals surface area contributed by atoms with Crippen LogP contribution in [0.15, 0.2) is 35.1 Å². The van der Waals surface area contributed by atoms with Gasteiger partial charge in [0.15, 0.2) is 0 Å². The maximum atomic E-state index is 13.3. The van der Waals surface area contributed by atoms with Crippen LogP contribution in [0.5, 0.6) is 0 Å². The number of hydrogen-bond acceptors (Lipinski definition) is 4. The van der Waals surface area contributed by atoms with Gasteiger partial charge in [0.2, 0.25) is 0 Å². The average molecular weight is 263 g/mol. The Bertz CT molecular complexity index is 513. The van der Waals surface area contributed by atoms with Crippen LogP contribution in [0.25, 0.3) is 0 Å². The third-order valence-electron chi connectivity index (χ3n) is 2.88. The van der Waals surface area contributed by atoms with Gasteiger partial charge >= 0.3 is 0 Å². The molecule has 0 radical (unpaired) electrons. The molecule has 1 N–H and O–H groups in total. The molecule has 102 valence electrons. The predicted octanol–water partition coefficient (Wildman–Crippen LogP) is 2.56. The van der Waals surface area contributed by atoms with Gasteiger partial charge in [-0.05, 0) is 32.2 Å². The first-order chi connectivity index (χ1) is 9.24. The Morgan fingerprint density at radius 3 is 2.95 bits per heavy atom. The van der Waals surface area contributed by atoms with Crippen molar-refractivity contribution in [2.45, 2.75) is 20.0 Å².